The van der Waals surface area contributed by atoms with Gasteiger partial charge in [-0.05, 0) is 37.1 Å². The summed E-state index contributed by atoms with van der Waals surface area (Å²) >= 11 is 0. The highest BCUT2D eigenvalue weighted by molar-refractivity contribution is 5.99. The number of aryl methyl sites for hydroxylation is 1. The second-order valence-corrected chi connectivity index (χ2v) is 5.17. The number of rotatable bonds is 3. The first-order chi connectivity index (χ1) is 10.2. The molecule has 0 radical (unpaired) electrons. The van der Waals surface area contributed by atoms with Crippen molar-refractivity contribution in [2.45, 2.75) is 25.3 Å². The van der Waals surface area contributed by atoms with Crippen LogP contribution in [0.4, 0.5) is 5.69 Å². The number of nitrogens with one attached hydrogen (secondary N) is 1. The molecule has 1 unspecified atom stereocenters. The number of hydrogen-bond acceptors (Lipinski definition) is 4. The fourth-order valence-electron chi connectivity index (χ4n) is 2.73. The van der Waals surface area contributed by atoms with Gasteiger partial charge < -0.3 is 20.2 Å². The Labute approximate surface area is 123 Å². The van der Waals surface area contributed by atoms with Crippen LogP contribution < -0.4 is 15.8 Å². The molecule has 1 aromatic heterocycles. The van der Waals surface area contributed by atoms with E-state index in [0.29, 0.717) is 17.0 Å². The van der Waals surface area contributed by atoms with E-state index in [9.17, 15) is 4.79 Å². The van der Waals surface area contributed by atoms with Gasteiger partial charge in [0.05, 0.1) is 25.0 Å². The van der Waals surface area contributed by atoms with Crippen LogP contribution in [0.3, 0.4) is 0 Å². The van der Waals surface area contributed by atoms with Gasteiger partial charge in [-0.15, -0.1) is 0 Å². The van der Waals surface area contributed by atoms with E-state index < -0.39 is 0 Å². The quantitative estimate of drug-likeness (QED) is 0.850. The Morgan fingerprint density at radius 1 is 1.43 bits per heavy atom. The van der Waals surface area contributed by atoms with Crippen LogP contribution in [-0.4, -0.2) is 13.0 Å². The summed E-state index contributed by atoms with van der Waals surface area (Å²) < 4.78 is 10.6. The van der Waals surface area contributed by atoms with E-state index in [0.717, 1.165) is 30.6 Å². The van der Waals surface area contributed by atoms with Crippen LogP contribution in [0.1, 0.15) is 40.6 Å². The van der Waals surface area contributed by atoms with Crippen LogP contribution in [0, 0.1) is 0 Å². The molecule has 1 aliphatic carbocycles. The van der Waals surface area contributed by atoms with Crippen molar-refractivity contribution in [1.82, 2.24) is 5.32 Å². The van der Waals surface area contributed by atoms with Crippen LogP contribution in [0.25, 0.3) is 0 Å². The monoisotopic (exact) mass is 286 g/mol. The summed E-state index contributed by atoms with van der Waals surface area (Å²) in [6.07, 6.45) is 4.51. The average molecular weight is 286 g/mol. The predicted molar refractivity (Wildman–Crippen MR) is 79.3 cm³/mol. The van der Waals surface area contributed by atoms with Crippen molar-refractivity contribution in [1.29, 1.82) is 0 Å². The number of hydrogen-bond donors (Lipinski definition) is 2. The molecule has 2 aromatic rings. The molecule has 0 spiro atoms. The third-order valence-corrected chi connectivity index (χ3v) is 3.86. The lowest BCUT2D eigenvalue weighted by molar-refractivity contribution is 0.0933. The van der Waals surface area contributed by atoms with Crippen LogP contribution in [0.15, 0.2) is 34.9 Å². The maximum absolute atomic E-state index is 12.5. The highest BCUT2D eigenvalue weighted by atomic mass is 16.5. The molecule has 1 aliphatic rings. The molecule has 0 fully saturated rings. The van der Waals surface area contributed by atoms with Crippen molar-refractivity contribution in [2.75, 3.05) is 12.8 Å². The fourth-order valence-corrected chi connectivity index (χ4v) is 2.73. The Balaban J connectivity index is 1.82. The molecule has 0 aliphatic heterocycles. The van der Waals surface area contributed by atoms with Crippen molar-refractivity contribution in [3.8, 4) is 5.75 Å². The second-order valence-electron chi connectivity index (χ2n) is 5.17. The number of carbonyl (C=O) groups excluding carboxylic acids is 1. The first-order valence-corrected chi connectivity index (χ1v) is 6.99. The third-order valence-electron chi connectivity index (χ3n) is 3.86. The molecule has 5 heteroatoms. The van der Waals surface area contributed by atoms with Crippen LogP contribution in [0.5, 0.6) is 5.75 Å². The van der Waals surface area contributed by atoms with Crippen molar-refractivity contribution in [3.05, 3.63) is 47.4 Å². The standard InChI is InChI=1S/C16H18N2O3/c1-20-10-5-6-13(17)12(9-10)16(19)18-14-3-2-4-15-11(14)7-8-21-15/h5-9,14H,2-4,17H2,1H3,(H,18,19). The van der Waals surface area contributed by atoms with Crippen molar-refractivity contribution < 1.29 is 13.9 Å². The molecule has 1 aromatic carbocycles. The second kappa shape index (κ2) is 5.52. The lowest BCUT2D eigenvalue weighted by atomic mass is 9.93. The van der Waals surface area contributed by atoms with E-state index in [4.69, 9.17) is 14.9 Å². The van der Waals surface area contributed by atoms with Gasteiger partial charge in [-0.2, -0.15) is 0 Å². The van der Waals surface area contributed by atoms with Crippen molar-refractivity contribution in [3.63, 3.8) is 0 Å². The molecule has 0 saturated heterocycles. The molecule has 21 heavy (non-hydrogen) atoms. The van der Waals surface area contributed by atoms with Gasteiger partial charge in [0, 0.05) is 17.7 Å². The Bertz CT molecular complexity index is 663. The Morgan fingerprint density at radius 2 is 2.29 bits per heavy atom. The van der Waals surface area contributed by atoms with E-state index in [2.05, 4.69) is 5.32 Å². The molecule has 1 heterocycles. The Hall–Kier alpha value is -2.43. The summed E-state index contributed by atoms with van der Waals surface area (Å²) in [5.74, 6) is 1.39. The summed E-state index contributed by atoms with van der Waals surface area (Å²) in [5.41, 5.74) is 7.83. The van der Waals surface area contributed by atoms with Gasteiger partial charge in [-0.3, -0.25) is 4.79 Å². The minimum atomic E-state index is -0.189. The van der Waals surface area contributed by atoms with Gasteiger partial charge in [-0.1, -0.05) is 0 Å². The van der Waals surface area contributed by atoms with Gasteiger partial charge in [0.15, 0.2) is 0 Å². The zero-order valence-corrected chi connectivity index (χ0v) is 11.9. The Morgan fingerprint density at radius 3 is 3.10 bits per heavy atom. The van der Waals surface area contributed by atoms with Gasteiger partial charge in [0.1, 0.15) is 11.5 Å². The summed E-state index contributed by atoms with van der Waals surface area (Å²) in [6.45, 7) is 0. The molecule has 1 atom stereocenters. The molecule has 0 bridgehead atoms. The molecule has 5 nitrogen and oxygen atoms in total. The number of amides is 1. The average Bonchev–Trinajstić information content (AvgIpc) is 2.97. The van der Waals surface area contributed by atoms with E-state index in [1.807, 2.05) is 6.07 Å². The third kappa shape index (κ3) is 2.59. The zero-order valence-electron chi connectivity index (χ0n) is 11.9. The predicted octanol–water partition coefficient (Wildman–Crippen LogP) is 2.68. The van der Waals surface area contributed by atoms with E-state index in [-0.39, 0.29) is 11.9 Å². The van der Waals surface area contributed by atoms with Gasteiger partial charge in [0.25, 0.3) is 5.91 Å². The fraction of sp³-hybridized carbons (Fsp3) is 0.312. The van der Waals surface area contributed by atoms with E-state index >= 15 is 0 Å². The number of anilines is 1. The molecular weight excluding hydrogens is 268 g/mol. The lowest BCUT2D eigenvalue weighted by Crippen LogP contribution is -2.31. The first-order valence-electron chi connectivity index (χ1n) is 6.99. The molecule has 0 saturated carbocycles. The summed E-state index contributed by atoms with van der Waals surface area (Å²) in [7, 11) is 1.56. The molecule has 3 N–H and O–H groups in total. The normalized spacial score (nSPS) is 17.1. The number of benzene rings is 1. The minimum Gasteiger partial charge on any atom is -0.497 e. The first kappa shape index (κ1) is 13.5. The maximum atomic E-state index is 12.5. The van der Waals surface area contributed by atoms with Gasteiger partial charge in [0.2, 0.25) is 0 Å². The number of ether oxygens (including phenoxy) is 1. The SMILES string of the molecule is COc1ccc(N)c(C(=O)NC2CCCc3occc32)c1. The van der Waals surface area contributed by atoms with Gasteiger partial charge >= 0.3 is 0 Å². The smallest absolute Gasteiger partial charge is 0.253 e. The zero-order chi connectivity index (χ0) is 14.8. The number of nitrogens with two attached hydrogens (primary N) is 1. The highest BCUT2D eigenvalue weighted by Gasteiger charge is 2.25. The summed E-state index contributed by atoms with van der Waals surface area (Å²) in [4.78, 5) is 12.5. The van der Waals surface area contributed by atoms with Crippen LogP contribution in [0.2, 0.25) is 0 Å². The van der Waals surface area contributed by atoms with Crippen molar-refractivity contribution >= 4 is 11.6 Å². The Kier molecular flexibility index (Phi) is 3.56. The number of carbonyl (C=O) groups is 1. The molecule has 3 rings (SSSR count). The largest absolute Gasteiger partial charge is 0.497 e. The molecule has 1 amide bonds. The number of fused-ring (bicyclic) bond motifs is 1. The number of methoxy groups -OCH3 is 1. The van der Waals surface area contributed by atoms with Crippen LogP contribution in [-0.2, 0) is 6.42 Å². The van der Waals surface area contributed by atoms with Crippen molar-refractivity contribution in [2.24, 2.45) is 0 Å². The minimum absolute atomic E-state index is 0.0226. The summed E-state index contributed by atoms with van der Waals surface area (Å²) in [5, 5.41) is 3.04. The summed E-state index contributed by atoms with van der Waals surface area (Å²) in [6, 6.07) is 6.97. The maximum Gasteiger partial charge on any atom is 0.253 e. The van der Waals surface area contributed by atoms with Gasteiger partial charge in [-0.25, -0.2) is 0 Å². The number of nitrogen functional groups attached to an aromatic ring is 1. The topological polar surface area (TPSA) is 77.5 Å². The molecular formula is C16H18N2O3. The highest BCUT2D eigenvalue weighted by Crippen LogP contribution is 2.31. The van der Waals surface area contributed by atoms with Crippen LogP contribution >= 0.6 is 0 Å². The lowest BCUT2D eigenvalue weighted by Gasteiger charge is -2.23. The number of furan rings is 1. The van der Waals surface area contributed by atoms with E-state index in [1.54, 1.807) is 31.6 Å². The molecule has 110 valence electrons. The van der Waals surface area contributed by atoms with E-state index in [1.165, 1.54) is 0 Å².